The van der Waals surface area contributed by atoms with Gasteiger partial charge in [-0.1, -0.05) is 20.8 Å². The number of ether oxygens (including phenoxy) is 1. The molecule has 2 rings (SSSR count). The molecular weight excluding hydrogens is 174 g/mol. The van der Waals surface area contributed by atoms with Crippen LogP contribution in [0.1, 0.15) is 33.6 Å². The molecule has 1 unspecified atom stereocenters. The van der Waals surface area contributed by atoms with Crippen molar-refractivity contribution in [2.45, 2.75) is 39.7 Å². The van der Waals surface area contributed by atoms with Crippen molar-refractivity contribution in [3.05, 3.63) is 0 Å². The predicted octanol–water partition coefficient (Wildman–Crippen LogP) is 2.14. The van der Waals surface area contributed by atoms with Crippen molar-refractivity contribution in [1.82, 2.24) is 4.90 Å². The molecular formula is C12H23NO. The number of likely N-dealkylation sites (tertiary alicyclic amines) is 1. The normalized spacial score (nSPS) is 30.6. The summed E-state index contributed by atoms with van der Waals surface area (Å²) in [5.74, 6) is 0.916. The molecule has 82 valence electrons. The Morgan fingerprint density at radius 3 is 2.21 bits per heavy atom. The smallest absolute Gasteiger partial charge is 0.0936 e. The Bertz CT molecular complexity index is 185. The zero-order chi connectivity index (χ0) is 10.2. The molecule has 0 aromatic carbocycles. The zero-order valence-electron chi connectivity index (χ0n) is 9.75. The molecule has 2 heterocycles. The summed E-state index contributed by atoms with van der Waals surface area (Å²) in [6.07, 6.45) is 3.31. The van der Waals surface area contributed by atoms with E-state index in [4.69, 9.17) is 4.74 Å². The highest BCUT2D eigenvalue weighted by molar-refractivity contribution is 4.83. The minimum absolute atomic E-state index is 0.502. The highest BCUT2D eigenvalue weighted by Gasteiger charge is 2.31. The fourth-order valence-electron chi connectivity index (χ4n) is 2.44. The van der Waals surface area contributed by atoms with Crippen LogP contribution in [0.25, 0.3) is 0 Å². The molecule has 2 heteroatoms. The quantitative estimate of drug-likeness (QED) is 0.630. The lowest BCUT2D eigenvalue weighted by molar-refractivity contribution is 0.107. The molecule has 0 aliphatic carbocycles. The van der Waals surface area contributed by atoms with E-state index in [0.29, 0.717) is 11.5 Å². The molecule has 2 aliphatic rings. The van der Waals surface area contributed by atoms with Crippen LogP contribution in [0, 0.1) is 11.3 Å². The highest BCUT2D eigenvalue weighted by atomic mass is 16.6. The van der Waals surface area contributed by atoms with Crippen molar-refractivity contribution in [2.24, 2.45) is 11.3 Å². The lowest BCUT2D eigenvalue weighted by Crippen LogP contribution is -2.39. The van der Waals surface area contributed by atoms with Crippen molar-refractivity contribution in [2.75, 3.05) is 26.2 Å². The van der Waals surface area contributed by atoms with Crippen LogP contribution < -0.4 is 0 Å². The minimum atomic E-state index is 0.502. The van der Waals surface area contributed by atoms with Crippen molar-refractivity contribution >= 4 is 0 Å². The van der Waals surface area contributed by atoms with Crippen LogP contribution in [-0.2, 0) is 4.74 Å². The van der Waals surface area contributed by atoms with Gasteiger partial charge in [-0.15, -0.1) is 0 Å². The maximum absolute atomic E-state index is 5.26. The molecule has 0 aromatic heterocycles. The lowest BCUT2D eigenvalue weighted by Gasteiger charge is -2.38. The van der Waals surface area contributed by atoms with Gasteiger partial charge < -0.3 is 9.64 Å². The van der Waals surface area contributed by atoms with Gasteiger partial charge in [-0.25, -0.2) is 0 Å². The molecule has 2 fully saturated rings. The molecule has 0 N–H and O–H groups in total. The minimum Gasteiger partial charge on any atom is -0.372 e. The maximum atomic E-state index is 5.26. The molecule has 0 spiro atoms. The summed E-state index contributed by atoms with van der Waals surface area (Å²) < 4.78 is 5.26. The summed E-state index contributed by atoms with van der Waals surface area (Å²) in [6, 6.07) is 0. The van der Waals surface area contributed by atoms with E-state index < -0.39 is 0 Å². The second-order valence-electron chi connectivity index (χ2n) is 5.90. The second kappa shape index (κ2) is 3.82. The van der Waals surface area contributed by atoms with E-state index in [0.717, 1.165) is 12.5 Å². The first-order valence-electron chi connectivity index (χ1n) is 5.89. The van der Waals surface area contributed by atoms with Gasteiger partial charge in [-0.05, 0) is 37.3 Å². The Morgan fingerprint density at radius 2 is 1.79 bits per heavy atom. The lowest BCUT2D eigenvalue weighted by atomic mass is 9.75. The third kappa shape index (κ3) is 2.71. The van der Waals surface area contributed by atoms with Gasteiger partial charge in [0.2, 0.25) is 0 Å². The number of piperidine rings is 1. The second-order valence-corrected chi connectivity index (χ2v) is 5.90. The molecule has 0 bridgehead atoms. The molecule has 2 saturated heterocycles. The van der Waals surface area contributed by atoms with E-state index in [1.807, 2.05) is 0 Å². The Labute approximate surface area is 87.6 Å². The van der Waals surface area contributed by atoms with E-state index in [2.05, 4.69) is 25.7 Å². The Hall–Kier alpha value is -0.0800. The largest absolute Gasteiger partial charge is 0.372 e. The number of hydrogen-bond donors (Lipinski definition) is 0. The predicted molar refractivity (Wildman–Crippen MR) is 58.4 cm³/mol. The summed E-state index contributed by atoms with van der Waals surface area (Å²) in [5.41, 5.74) is 0.502. The van der Waals surface area contributed by atoms with Gasteiger partial charge in [-0.3, -0.25) is 0 Å². The van der Waals surface area contributed by atoms with Gasteiger partial charge in [-0.2, -0.15) is 0 Å². The van der Waals surface area contributed by atoms with E-state index in [1.54, 1.807) is 0 Å². The topological polar surface area (TPSA) is 15.8 Å². The highest BCUT2D eigenvalue weighted by Crippen LogP contribution is 2.34. The summed E-state index contributed by atoms with van der Waals surface area (Å²) in [5, 5.41) is 0. The standard InChI is InChI=1S/C12H23NO/c1-12(2,3)10-4-6-13(7-5-10)8-11-9-14-11/h10-11H,4-9H2,1-3H3. The Kier molecular flexibility index (Phi) is 2.85. The molecule has 14 heavy (non-hydrogen) atoms. The molecule has 2 aliphatic heterocycles. The van der Waals surface area contributed by atoms with Gasteiger partial charge in [0.05, 0.1) is 12.7 Å². The number of hydrogen-bond acceptors (Lipinski definition) is 2. The molecule has 0 saturated carbocycles. The van der Waals surface area contributed by atoms with Gasteiger partial charge in [0.25, 0.3) is 0 Å². The summed E-state index contributed by atoms with van der Waals surface area (Å²) >= 11 is 0. The Morgan fingerprint density at radius 1 is 1.21 bits per heavy atom. The van der Waals surface area contributed by atoms with Crippen molar-refractivity contribution in [3.63, 3.8) is 0 Å². The van der Waals surface area contributed by atoms with Gasteiger partial charge >= 0.3 is 0 Å². The van der Waals surface area contributed by atoms with Crippen molar-refractivity contribution < 1.29 is 4.74 Å². The molecule has 0 amide bonds. The summed E-state index contributed by atoms with van der Waals surface area (Å²) in [6.45, 7) is 11.9. The van der Waals surface area contributed by atoms with Crippen LogP contribution >= 0.6 is 0 Å². The zero-order valence-corrected chi connectivity index (χ0v) is 9.75. The van der Waals surface area contributed by atoms with Crippen LogP contribution in [0.5, 0.6) is 0 Å². The number of rotatable bonds is 2. The van der Waals surface area contributed by atoms with E-state index >= 15 is 0 Å². The molecule has 1 atom stereocenters. The first kappa shape index (κ1) is 10.4. The van der Waals surface area contributed by atoms with Crippen molar-refractivity contribution in [1.29, 1.82) is 0 Å². The van der Waals surface area contributed by atoms with E-state index in [-0.39, 0.29) is 0 Å². The van der Waals surface area contributed by atoms with Gasteiger partial charge in [0, 0.05) is 6.54 Å². The van der Waals surface area contributed by atoms with Gasteiger partial charge in [0.15, 0.2) is 0 Å². The van der Waals surface area contributed by atoms with E-state index in [1.165, 1.54) is 32.5 Å². The fraction of sp³-hybridized carbons (Fsp3) is 1.00. The SMILES string of the molecule is CC(C)(C)C1CCN(CC2CO2)CC1. The first-order chi connectivity index (χ1) is 6.55. The van der Waals surface area contributed by atoms with E-state index in [9.17, 15) is 0 Å². The fourth-order valence-corrected chi connectivity index (χ4v) is 2.44. The van der Waals surface area contributed by atoms with Crippen LogP contribution in [0.4, 0.5) is 0 Å². The van der Waals surface area contributed by atoms with Crippen LogP contribution in [0.15, 0.2) is 0 Å². The average molecular weight is 197 g/mol. The van der Waals surface area contributed by atoms with Crippen LogP contribution in [-0.4, -0.2) is 37.2 Å². The van der Waals surface area contributed by atoms with Gasteiger partial charge in [0.1, 0.15) is 0 Å². The molecule has 0 radical (unpaired) electrons. The average Bonchev–Trinajstić information content (AvgIpc) is 2.88. The number of epoxide rings is 1. The third-order valence-electron chi connectivity index (χ3n) is 3.68. The monoisotopic (exact) mass is 197 g/mol. The summed E-state index contributed by atoms with van der Waals surface area (Å²) in [7, 11) is 0. The van der Waals surface area contributed by atoms with Crippen molar-refractivity contribution in [3.8, 4) is 0 Å². The Balaban J connectivity index is 1.74. The molecule has 2 nitrogen and oxygen atoms in total. The van der Waals surface area contributed by atoms with Crippen LogP contribution in [0.3, 0.4) is 0 Å². The summed E-state index contributed by atoms with van der Waals surface area (Å²) in [4.78, 5) is 2.57. The van der Waals surface area contributed by atoms with Crippen LogP contribution in [0.2, 0.25) is 0 Å². The maximum Gasteiger partial charge on any atom is 0.0936 e. The molecule has 0 aromatic rings. The first-order valence-corrected chi connectivity index (χ1v) is 5.89. The third-order valence-corrected chi connectivity index (χ3v) is 3.68. The number of nitrogens with zero attached hydrogens (tertiary/aromatic N) is 1.